The van der Waals surface area contributed by atoms with Gasteiger partial charge in [-0.15, -0.1) is 0 Å². The van der Waals surface area contributed by atoms with Crippen LogP contribution in [-0.4, -0.2) is 64.2 Å². The number of anilines is 1. The quantitative estimate of drug-likeness (QED) is 0.404. The third kappa shape index (κ3) is 4.03. The summed E-state index contributed by atoms with van der Waals surface area (Å²) in [6, 6.07) is 15.3. The summed E-state index contributed by atoms with van der Waals surface area (Å²) in [6.07, 6.45) is 3.83. The molecule has 0 bridgehead atoms. The second-order valence-corrected chi connectivity index (χ2v) is 8.18. The lowest BCUT2D eigenvalue weighted by Gasteiger charge is -2.38. The van der Waals surface area contributed by atoms with Crippen molar-refractivity contribution in [3.05, 3.63) is 65.9 Å². The fourth-order valence-corrected chi connectivity index (χ4v) is 4.43. The van der Waals surface area contributed by atoms with E-state index in [9.17, 15) is 4.79 Å². The third-order valence-corrected chi connectivity index (χ3v) is 6.25. The van der Waals surface area contributed by atoms with E-state index in [1.54, 1.807) is 24.2 Å². The van der Waals surface area contributed by atoms with E-state index in [1.165, 1.54) is 0 Å². The SMILES string of the molecule is COc1cc(N2CCN(C(C=O)n3nc(-c4ccccn4)c4cccnc43)CC2)ccc1Cl. The first-order valence-corrected chi connectivity index (χ1v) is 11.1. The number of rotatable bonds is 6. The summed E-state index contributed by atoms with van der Waals surface area (Å²) in [5.74, 6) is 0.651. The Morgan fingerprint density at radius 1 is 1.03 bits per heavy atom. The number of hydrogen-bond donors (Lipinski definition) is 0. The molecular formula is C24H23ClN6O2. The number of fused-ring (bicyclic) bond motifs is 1. The van der Waals surface area contributed by atoms with E-state index in [-0.39, 0.29) is 0 Å². The molecule has 0 radical (unpaired) electrons. The van der Waals surface area contributed by atoms with Crippen molar-refractivity contribution >= 4 is 34.6 Å². The molecule has 1 aliphatic rings. The number of ether oxygens (including phenoxy) is 1. The summed E-state index contributed by atoms with van der Waals surface area (Å²) in [5.41, 5.74) is 3.18. The van der Waals surface area contributed by atoms with E-state index < -0.39 is 6.17 Å². The number of piperazine rings is 1. The van der Waals surface area contributed by atoms with E-state index in [2.05, 4.69) is 19.8 Å². The zero-order chi connectivity index (χ0) is 22.8. The number of benzene rings is 1. The van der Waals surface area contributed by atoms with Crippen LogP contribution in [-0.2, 0) is 4.79 Å². The van der Waals surface area contributed by atoms with Crippen LogP contribution in [0.5, 0.6) is 5.75 Å². The topological polar surface area (TPSA) is 76.4 Å². The van der Waals surface area contributed by atoms with Crippen LogP contribution < -0.4 is 9.64 Å². The highest BCUT2D eigenvalue weighted by atomic mass is 35.5. The van der Waals surface area contributed by atoms with E-state index in [1.807, 2.05) is 48.5 Å². The standard InChI is InChI=1S/C24H23ClN6O2/c1-33-21-15-17(7-8-19(21)25)29-11-13-30(14-12-29)22(16-32)31-24-18(5-4-10-27-24)23(28-31)20-6-2-3-9-26-20/h2-10,15-16,22H,11-14H2,1H3. The molecule has 9 heteroatoms. The second kappa shape index (κ2) is 9.17. The minimum Gasteiger partial charge on any atom is -0.495 e. The van der Waals surface area contributed by atoms with E-state index >= 15 is 0 Å². The molecule has 1 unspecified atom stereocenters. The van der Waals surface area contributed by atoms with Crippen molar-refractivity contribution in [1.82, 2.24) is 24.6 Å². The number of pyridine rings is 2. The number of hydrogen-bond acceptors (Lipinski definition) is 7. The minimum absolute atomic E-state index is 0.554. The Labute approximate surface area is 196 Å². The van der Waals surface area contributed by atoms with Gasteiger partial charge in [-0.25, -0.2) is 9.67 Å². The Bertz CT molecular complexity index is 1270. The van der Waals surface area contributed by atoms with E-state index in [0.717, 1.165) is 41.8 Å². The van der Waals surface area contributed by atoms with Gasteiger partial charge in [-0.05, 0) is 36.4 Å². The molecule has 1 aromatic carbocycles. The highest BCUT2D eigenvalue weighted by molar-refractivity contribution is 6.32. The molecule has 0 aliphatic carbocycles. The van der Waals surface area contributed by atoms with Crippen LogP contribution in [0.4, 0.5) is 5.69 Å². The van der Waals surface area contributed by atoms with Gasteiger partial charge in [-0.3, -0.25) is 14.7 Å². The molecule has 168 valence electrons. The first-order chi connectivity index (χ1) is 16.2. The van der Waals surface area contributed by atoms with Crippen LogP contribution in [0.25, 0.3) is 22.4 Å². The Hall–Kier alpha value is -3.49. The Balaban J connectivity index is 1.41. The Morgan fingerprint density at radius 2 is 1.85 bits per heavy atom. The Morgan fingerprint density at radius 3 is 2.58 bits per heavy atom. The lowest BCUT2D eigenvalue weighted by atomic mass is 10.2. The summed E-state index contributed by atoms with van der Waals surface area (Å²) in [4.78, 5) is 25.6. The predicted octanol–water partition coefficient (Wildman–Crippen LogP) is 3.68. The maximum Gasteiger partial charge on any atom is 0.162 e. The number of nitrogens with zero attached hydrogens (tertiary/aromatic N) is 6. The summed E-state index contributed by atoms with van der Waals surface area (Å²) in [7, 11) is 1.61. The molecule has 1 atom stereocenters. The average Bonchev–Trinajstić information content (AvgIpc) is 3.25. The van der Waals surface area contributed by atoms with Gasteiger partial charge in [0.2, 0.25) is 0 Å². The van der Waals surface area contributed by atoms with Crippen LogP contribution in [0, 0.1) is 0 Å². The van der Waals surface area contributed by atoms with Crippen molar-refractivity contribution in [3.63, 3.8) is 0 Å². The largest absolute Gasteiger partial charge is 0.495 e. The van der Waals surface area contributed by atoms with Gasteiger partial charge in [0.1, 0.15) is 11.4 Å². The molecule has 4 aromatic rings. The summed E-state index contributed by atoms with van der Waals surface area (Å²) >= 11 is 6.17. The number of methoxy groups -OCH3 is 1. The molecule has 33 heavy (non-hydrogen) atoms. The number of aldehydes is 1. The summed E-state index contributed by atoms with van der Waals surface area (Å²) in [6.45, 7) is 2.91. The van der Waals surface area contributed by atoms with Crippen molar-refractivity contribution in [3.8, 4) is 17.1 Å². The predicted molar refractivity (Wildman–Crippen MR) is 128 cm³/mol. The number of carbonyl (C=O) groups is 1. The van der Waals surface area contributed by atoms with Crippen molar-refractivity contribution in [2.45, 2.75) is 6.17 Å². The normalized spacial score (nSPS) is 15.5. The molecule has 0 spiro atoms. The van der Waals surface area contributed by atoms with E-state index in [0.29, 0.717) is 29.5 Å². The highest BCUT2D eigenvalue weighted by Crippen LogP contribution is 2.31. The molecule has 5 rings (SSSR count). The number of aromatic nitrogens is 4. The van der Waals surface area contributed by atoms with Crippen LogP contribution in [0.2, 0.25) is 5.02 Å². The van der Waals surface area contributed by atoms with E-state index in [4.69, 9.17) is 21.4 Å². The fourth-order valence-electron chi connectivity index (χ4n) is 4.24. The van der Waals surface area contributed by atoms with Gasteiger partial charge in [-0.1, -0.05) is 17.7 Å². The van der Waals surface area contributed by atoms with Crippen LogP contribution >= 0.6 is 11.6 Å². The maximum absolute atomic E-state index is 12.3. The van der Waals surface area contributed by atoms with Gasteiger partial charge in [0.25, 0.3) is 0 Å². The van der Waals surface area contributed by atoms with Crippen molar-refractivity contribution < 1.29 is 9.53 Å². The van der Waals surface area contributed by atoms with Crippen molar-refractivity contribution in [2.24, 2.45) is 0 Å². The zero-order valence-electron chi connectivity index (χ0n) is 18.1. The smallest absolute Gasteiger partial charge is 0.162 e. The zero-order valence-corrected chi connectivity index (χ0v) is 18.9. The molecule has 1 fully saturated rings. The lowest BCUT2D eigenvalue weighted by Crippen LogP contribution is -2.49. The fraction of sp³-hybridized carbons (Fsp3) is 0.250. The Kier molecular flexibility index (Phi) is 5.93. The maximum atomic E-state index is 12.3. The second-order valence-electron chi connectivity index (χ2n) is 7.77. The van der Waals surface area contributed by atoms with Gasteiger partial charge < -0.3 is 9.64 Å². The molecular weight excluding hydrogens is 440 g/mol. The first kappa shape index (κ1) is 21.4. The van der Waals surface area contributed by atoms with Crippen LogP contribution in [0.15, 0.2) is 60.9 Å². The molecule has 0 amide bonds. The first-order valence-electron chi connectivity index (χ1n) is 10.7. The lowest BCUT2D eigenvalue weighted by molar-refractivity contribution is -0.115. The summed E-state index contributed by atoms with van der Waals surface area (Å²) in [5, 5.41) is 6.25. The van der Waals surface area contributed by atoms with Gasteiger partial charge in [0.05, 0.1) is 17.8 Å². The summed E-state index contributed by atoms with van der Waals surface area (Å²) < 4.78 is 7.07. The molecule has 1 aliphatic heterocycles. The minimum atomic E-state index is -0.554. The molecule has 1 saturated heterocycles. The van der Waals surface area contributed by atoms with Crippen LogP contribution in [0.1, 0.15) is 6.17 Å². The monoisotopic (exact) mass is 462 g/mol. The average molecular weight is 463 g/mol. The van der Waals surface area contributed by atoms with Crippen molar-refractivity contribution in [1.29, 1.82) is 0 Å². The van der Waals surface area contributed by atoms with Gasteiger partial charge >= 0.3 is 0 Å². The molecule has 0 saturated carbocycles. The number of halogens is 1. The van der Waals surface area contributed by atoms with Gasteiger partial charge in [0, 0.05) is 55.7 Å². The third-order valence-electron chi connectivity index (χ3n) is 5.93. The van der Waals surface area contributed by atoms with Crippen molar-refractivity contribution in [2.75, 3.05) is 38.2 Å². The molecule has 0 N–H and O–H groups in total. The molecule has 4 heterocycles. The molecule has 8 nitrogen and oxygen atoms in total. The van der Waals surface area contributed by atoms with Crippen LogP contribution in [0.3, 0.4) is 0 Å². The van der Waals surface area contributed by atoms with Gasteiger partial charge in [0.15, 0.2) is 18.1 Å². The van der Waals surface area contributed by atoms with Gasteiger partial charge in [-0.2, -0.15) is 5.10 Å². The highest BCUT2D eigenvalue weighted by Gasteiger charge is 2.28. The molecule has 3 aromatic heterocycles. The number of carbonyl (C=O) groups excluding carboxylic acids is 1.